The van der Waals surface area contributed by atoms with Crippen LogP contribution < -0.4 is 16.0 Å². The van der Waals surface area contributed by atoms with Gasteiger partial charge in [0.2, 0.25) is 0 Å². The summed E-state index contributed by atoms with van der Waals surface area (Å²) in [4.78, 5) is 38.1. The number of halogens is 3. The number of carbonyl (C=O) groups is 3. The lowest BCUT2D eigenvalue weighted by atomic mass is 9.93. The van der Waals surface area contributed by atoms with Crippen LogP contribution in [0.1, 0.15) is 48.1 Å². The third-order valence-electron chi connectivity index (χ3n) is 6.07. The number of imide groups is 1. The Hall–Kier alpha value is -2.78. The number of amides is 5. The predicted molar refractivity (Wildman–Crippen MR) is 95.7 cm³/mol. The molecule has 2 atom stereocenters. The summed E-state index contributed by atoms with van der Waals surface area (Å²) in [6.07, 6.45) is -2.91. The van der Waals surface area contributed by atoms with Gasteiger partial charge in [-0.05, 0) is 55.4 Å². The highest BCUT2D eigenvalue weighted by Crippen LogP contribution is 2.42. The van der Waals surface area contributed by atoms with Gasteiger partial charge in [0.25, 0.3) is 5.91 Å². The van der Waals surface area contributed by atoms with Gasteiger partial charge in [-0.2, -0.15) is 13.2 Å². The standard InChI is InChI=1S/C19H21F3N4O3/c1-9-5-11-7-26(10(2)13(11)6-14(9)19(20,21)22)17(29)23-8-18(12-3-4-12)15(27)24-16(28)25-18/h5-6,10,12H,3-4,7-8H2,1-2H3,(H,23,29)(H2,24,25,27,28)/t10-,18-/m0/s1. The molecule has 156 valence electrons. The Morgan fingerprint density at radius 2 is 2.00 bits per heavy atom. The van der Waals surface area contributed by atoms with Crippen molar-refractivity contribution in [2.75, 3.05) is 6.54 Å². The Bertz CT molecular complexity index is 913. The average molecular weight is 410 g/mol. The van der Waals surface area contributed by atoms with Crippen molar-refractivity contribution in [2.45, 2.75) is 51.0 Å². The molecule has 4 rings (SSSR count). The predicted octanol–water partition coefficient (Wildman–Crippen LogP) is 2.59. The molecule has 7 nitrogen and oxygen atoms in total. The van der Waals surface area contributed by atoms with Gasteiger partial charge in [-0.15, -0.1) is 0 Å². The van der Waals surface area contributed by atoms with Gasteiger partial charge in [0.15, 0.2) is 0 Å². The minimum Gasteiger partial charge on any atom is -0.335 e. The van der Waals surface area contributed by atoms with E-state index in [4.69, 9.17) is 0 Å². The van der Waals surface area contributed by atoms with Crippen LogP contribution in [0.3, 0.4) is 0 Å². The molecule has 1 saturated carbocycles. The van der Waals surface area contributed by atoms with E-state index in [-0.39, 0.29) is 24.6 Å². The van der Waals surface area contributed by atoms with Gasteiger partial charge < -0.3 is 15.5 Å². The van der Waals surface area contributed by atoms with Crippen LogP contribution in [-0.2, 0) is 17.5 Å². The van der Waals surface area contributed by atoms with Crippen LogP contribution in [0.15, 0.2) is 12.1 Å². The van der Waals surface area contributed by atoms with Crippen molar-refractivity contribution in [2.24, 2.45) is 5.92 Å². The summed E-state index contributed by atoms with van der Waals surface area (Å²) in [5.41, 5.74) is -0.626. The number of rotatable bonds is 3. The van der Waals surface area contributed by atoms with Crippen LogP contribution in [0, 0.1) is 12.8 Å². The Morgan fingerprint density at radius 1 is 1.31 bits per heavy atom. The molecule has 3 N–H and O–H groups in total. The maximum atomic E-state index is 13.2. The van der Waals surface area contributed by atoms with Gasteiger partial charge in [0, 0.05) is 6.54 Å². The quantitative estimate of drug-likeness (QED) is 0.669. The number of aryl methyl sites for hydroxylation is 1. The first-order valence-corrected chi connectivity index (χ1v) is 9.41. The molecule has 0 bridgehead atoms. The second kappa shape index (κ2) is 6.36. The lowest BCUT2D eigenvalue weighted by Crippen LogP contribution is -2.58. The van der Waals surface area contributed by atoms with Gasteiger partial charge in [0.1, 0.15) is 5.54 Å². The van der Waals surface area contributed by atoms with E-state index in [1.54, 1.807) is 6.92 Å². The third kappa shape index (κ3) is 3.20. The summed E-state index contributed by atoms with van der Waals surface area (Å²) in [5, 5.41) is 7.53. The van der Waals surface area contributed by atoms with Crippen molar-refractivity contribution in [3.63, 3.8) is 0 Å². The van der Waals surface area contributed by atoms with E-state index >= 15 is 0 Å². The van der Waals surface area contributed by atoms with Gasteiger partial charge in [-0.1, -0.05) is 6.07 Å². The number of benzene rings is 1. The largest absolute Gasteiger partial charge is 0.416 e. The van der Waals surface area contributed by atoms with Gasteiger partial charge in [-0.25, -0.2) is 9.59 Å². The van der Waals surface area contributed by atoms with Crippen molar-refractivity contribution < 1.29 is 27.6 Å². The molecule has 0 radical (unpaired) electrons. The van der Waals surface area contributed by atoms with Gasteiger partial charge >= 0.3 is 18.2 Å². The molecular formula is C19H21F3N4O3. The van der Waals surface area contributed by atoms with E-state index in [0.29, 0.717) is 11.1 Å². The van der Waals surface area contributed by atoms with Crippen LogP contribution in [0.5, 0.6) is 0 Å². The van der Waals surface area contributed by atoms with E-state index in [1.807, 2.05) is 0 Å². The number of alkyl halides is 3. The number of hydrogen-bond donors (Lipinski definition) is 3. The molecule has 29 heavy (non-hydrogen) atoms. The molecule has 2 heterocycles. The average Bonchev–Trinajstić information content (AvgIpc) is 3.36. The highest BCUT2D eigenvalue weighted by molar-refractivity contribution is 6.07. The first-order valence-electron chi connectivity index (χ1n) is 9.41. The molecule has 5 amide bonds. The zero-order valence-corrected chi connectivity index (χ0v) is 15.9. The van der Waals surface area contributed by atoms with Gasteiger partial charge in [-0.3, -0.25) is 10.1 Å². The van der Waals surface area contributed by atoms with Gasteiger partial charge in [0.05, 0.1) is 18.2 Å². The van der Waals surface area contributed by atoms with Crippen molar-refractivity contribution >= 4 is 18.0 Å². The minimum absolute atomic E-state index is 0.0422. The highest BCUT2D eigenvalue weighted by Gasteiger charge is 2.56. The maximum Gasteiger partial charge on any atom is 0.416 e. The fraction of sp³-hybridized carbons (Fsp3) is 0.526. The van der Waals surface area contributed by atoms with E-state index in [1.165, 1.54) is 17.9 Å². The third-order valence-corrected chi connectivity index (χ3v) is 6.07. The second-order valence-electron chi connectivity index (χ2n) is 7.98. The molecular weight excluding hydrogens is 389 g/mol. The Balaban J connectivity index is 1.50. The van der Waals surface area contributed by atoms with Crippen LogP contribution >= 0.6 is 0 Å². The molecule has 2 fully saturated rings. The summed E-state index contributed by atoms with van der Waals surface area (Å²) in [7, 11) is 0. The van der Waals surface area contributed by atoms with Crippen molar-refractivity contribution in [3.8, 4) is 0 Å². The highest BCUT2D eigenvalue weighted by atomic mass is 19.4. The zero-order chi connectivity index (χ0) is 21.1. The van der Waals surface area contributed by atoms with Crippen LogP contribution in [0.2, 0.25) is 0 Å². The van der Waals surface area contributed by atoms with E-state index in [0.717, 1.165) is 18.9 Å². The molecule has 0 spiro atoms. The second-order valence-corrected chi connectivity index (χ2v) is 7.98. The number of nitrogens with zero attached hydrogens (tertiary/aromatic N) is 1. The van der Waals surface area contributed by atoms with Crippen molar-refractivity contribution in [1.29, 1.82) is 0 Å². The van der Waals surface area contributed by atoms with E-state index in [2.05, 4.69) is 16.0 Å². The first kappa shape index (κ1) is 19.5. The molecule has 1 aromatic carbocycles. The number of carbonyl (C=O) groups excluding carboxylic acids is 3. The molecule has 10 heteroatoms. The molecule has 3 aliphatic rings. The fourth-order valence-corrected chi connectivity index (χ4v) is 4.31. The maximum absolute atomic E-state index is 13.2. The molecule has 0 unspecified atom stereocenters. The summed E-state index contributed by atoms with van der Waals surface area (Å²) >= 11 is 0. The normalized spacial score (nSPS) is 26.2. The molecule has 1 aromatic rings. The van der Waals surface area contributed by atoms with Crippen LogP contribution in [0.25, 0.3) is 0 Å². The Kier molecular flexibility index (Phi) is 4.29. The fourth-order valence-electron chi connectivity index (χ4n) is 4.31. The summed E-state index contributed by atoms with van der Waals surface area (Å²) in [6, 6.07) is 0.953. The number of urea groups is 2. The van der Waals surface area contributed by atoms with Crippen LogP contribution in [-0.4, -0.2) is 35.0 Å². The summed E-state index contributed by atoms with van der Waals surface area (Å²) < 4.78 is 39.7. The van der Waals surface area contributed by atoms with E-state index in [9.17, 15) is 27.6 Å². The first-order chi connectivity index (χ1) is 13.5. The monoisotopic (exact) mass is 410 g/mol. The van der Waals surface area contributed by atoms with Crippen molar-refractivity contribution in [1.82, 2.24) is 20.9 Å². The number of nitrogens with one attached hydrogen (secondary N) is 3. The minimum atomic E-state index is -4.46. The van der Waals surface area contributed by atoms with E-state index < -0.39 is 41.3 Å². The Labute approximate surface area is 165 Å². The SMILES string of the molecule is Cc1cc2c(cc1C(F)(F)F)[C@H](C)N(C(=O)NC[C@@]1(C3CC3)NC(=O)NC1=O)C2. The molecule has 2 aliphatic heterocycles. The van der Waals surface area contributed by atoms with Crippen molar-refractivity contribution in [3.05, 3.63) is 34.4 Å². The lowest BCUT2D eigenvalue weighted by molar-refractivity contribution is -0.138. The summed E-state index contributed by atoms with van der Waals surface area (Å²) in [5.74, 6) is -0.507. The number of hydrogen-bond acceptors (Lipinski definition) is 3. The topological polar surface area (TPSA) is 90.5 Å². The molecule has 1 aliphatic carbocycles. The Morgan fingerprint density at radius 3 is 2.55 bits per heavy atom. The number of fused-ring (bicyclic) bond motifs is 1. The summed E-state index contributed by atoms with van der Waals surface area (Å²) in [6.45, 7) is 3.18. The van der Waals surface area contributed by atoms with Crippen LogP contribution in [0.4, 0.5) is 22.8 Å². The lowest BCUT2D eigenvalue weighted by Gasteiger charge is -2.29. The smallest absolute Gasteiger partial charge is 0.335 e. The molecule has 1 saturated heterocycles. The zero-order valence-electron chi connectivity index (χ0n) is 15.9. The molecule has 0 aromatic heterocycles.